The normalized spacial score (nSPS) is 16.4. The molecule has 18 heavy (non-hydrogen) atoms. The van der Waals surface area contributed by atoms with Crippen molar-refractivity contribution in [2.45, 2.75) is 37.2 Å². The van der Waals surface area contributed by atoms with E-state index in [1.807, 2.05) is 6.92 Å². The summed E-state index contributed by atoms with van der Waals surface area (Å²) in [6, 6.07) is 2.40. The molecule has 2 N–H and O–H groups in total. The maximum atomic E-state index is 12.1. The third-order valence-corrected chi connectivity index (χ3v) is 5.45. The number of hydrogen-bond acceptors (Lipinski definition) is 5. The SMILES string of the molecule is Cc1sc(CNC2CC2)cc1S(=O)(=O)NN(C)C. The second-order valence-corrected chi connectivity index (χ2v) is 7.75. The Morgan fingerprint density at radius 2 is 2.11 bits per heavy atom. The predicted octanol–water partition coefficient (Wildman–Crippen LogP) is 1.06. The van der Waals surface area contributed by atoms with Gasteiger partial charge in [0, 0.05) is 36.4 Å². The number of hydrazine groups is 1. The molecule has 2 rings (SSSR count). The quantitative estimate of drug-likeness (QED) is 0.769. The number of rotatable bonds is 6. The molecule has 1 saturated carbocycles. The van der Waals surface area contributed by atoms with Gasteiger partial charge < -0.3 is 5.32 Å². The number of nitrogens with one attached hydrogen (secondary N) is 2. The van der Waals surface area contributed by atoms with Gasteiger partial charge in [0.1, 0.15) is 0 Å². The minimum atomic E-state index is -3.43. The van der Waals surface area contributed by atoms with Crippen molar-refractivity contribution >= 4 is 21.4 Å². The number of nitrogens with zero attached hydrogens (tertiary/aromatic N) is 1. The van der Waals surface area contributed by atoms with Gasteiger partial charge >= 0.3 is 0 Å². The average Bonchev–Trinajstić information content (AvgIpc) is 2.97. The minimum absolute atomic E-state index is 0.383. The molecule has 0 bridgehead atoms. The van der Waals surface area contributed by atoms with Crippen LogP contribution in [0.4, 0.5) is 0 Å². The Hall–Kier alpha value is -0.470. The van der Waals surface area contributed by atoms with Crippen LogP contribution in [0.25, 0.3) is 0 Å². The van der Waals surface area contributed by atoms with Gasteiger partial charge in [-0.1, -0.05) is 0 Å². The number of aryl methyl sites for hydroxylation is 1. The molecule has 0 atom stereocenters. The number of thiophene rings is 1. The van der Waals surface area contributed by atoms with Crippen LogP contribution in [0.2, 0.25) is 0 Å². The van der Waals surface area contributed by atoms with Crippen molar-refractivity contribution in [3.63, 3.8) is 0 Å². The molecule has 1 aliphatic carbocycles. The van der Waals surface area contributed by atoms with Crippen LogP contribution in [0.1, 0.15) is 22.6 Å². The molecule has 0 unspecified atom stereocenters. The highest BCUT2D eigenvalue weighted by molar-refractivity contribution is 7.89. The van der Waals surface area contributed by atoms with E-state index in [0.29, 0.717) is 10.9 Å². The van der Waals surface area contributed by atoms with Crippen LogP contribution in [0, 0.1) is 6.92 Å². The molecule has 0 saturated heterocycles. The van der Waals surface area contributed by atoms with Crippen LogP contribution in [0.15, 0.2) is 11.0 Å². The van der Waals surface area contributed by atoms with Gasteiger partial charge in [-0.25, -0.2) is 13.4 Å². The fourth-order valence-corrected chi connectivity index (χ4v) is 4.37. The zero-order chi connectivity index (χ0) is 13.3. The Morgan fingerprint density at radius 3 is 2.67 bits per heavy atom. The molecule has 0 aliphatic heterocycles. The summed E-state index contributed by atoms with van der Waals surface area (Å²) in [5, 5.41) is 4.83. The van der Waals surface area contributed by atoms with Crippen molar-refractivity contribution in [1.29, 1.82) is 0 Å². The Balaban J connectivity index is 2.12. The summed E-state index contributed by atoms with van der Waals surface area (Å²) >= 11 is 1.54. The van der Waals surface area contributed by atoms with Crippen LogP contribution >= 0.6 is 11.3 Å². The molecule has 1 aliphatic rings. The van der Waals surface area contributed by atoms with Crippen molar-refractivity contribution in [2.24, 2.45) is 0 Å². The van der Waals surface area contributed by atoms with Crippen LogP contribution < -0.4 is 10.1 Å². The van der Waals surface area contributed by atoms with Crippen molar-refractivity contribution in [1.82, 2.24) is 15.2 Å². The second kappa shape index (κ2) is 5.26. The van der Waals surface area contributed by atoms with Gasteiger partial charge in [0.2, 0.25) is 0 Å². The zero-order valence-electron chi connectivity index (χ0n) is 10.9. The summed E-state index contributed by atoms with van der Waals surface area (Å²) in [5.41, 5.74) is 0. The standard InChI is InChI=1S/C11H19N3O2S2/c1-8-11(18(15,16)13-14(2)3)6-10(17-8)7-12-9-4-5-9/h6,9,12-13H,4-5,7H2,1-3H3. The Bertz CT molecular complexity index is 518. The zero-order valence-corrected chi connectivity index (χ0v) is 12.5. The highest BCUT2D eigenvalue weighted by Crippen LogP contribution is 2.27. The second-order valence-electron chi connectivity index (χ2n) is 4.78. The minimum Gasteiger partial charge on any atom is -0.309 e. The molecule has 0 radical (unpaired) electrons. The predicted molar refractivity (Wildman–Crippen MR) is 72.9 cm³/mol. The monoisotopic (exact) mass is 289 g/mol. The van der Waals surface area contributed by atoms with Crippen LogP contribution in [0.3, 0.4) is 0 Å². The molecule has 1 aromatic heterocycles. The van der Waals surface area contributed by atoms with Gasteiger partial charge in [-0.2, -0.15) is 0 Å². The summed E-state index contributed by atoms with van der Waals surface area (Å²) in [6.07, 6.45) is 2.47. The van der Waals surface area contributed by atoms with E-state index in [1.165, 1.54) is 29.2 Å². The molecule has 0 amide bonds. The molecule has 0 aromatic carbocycles. The Morgan fingerprint density at radius 1 is 1.44 bits per heavy atom. The summed E-state index contributed by atoms with van der Waals surface area (Å²) in [6.45, 7) is 2.60. The molecular formula is C11H19N3O2S2. The van der Waals surface area contributed by atoms with Gasteiger partial charge in [0.05, 0.1) is 4.90 Å². The van der Waals surface area contributed by atoms with E-state index in [1.54, 1.807) is 20.2 Å². The first-order valence-electron chi connectivity index (χ1n) is 5.91. The molecule has 5 nitrogen and oxygen atoms in total. The first kappa shape index (κ1) is 14.0. The van der Waals surface area contributed by atoms with Crippen LogP contribution in [-0.4, -0.2) is 33.6 Å². The summed E-state index contributed by atoms with van der Waals surface area (Å²) in [5.74, 6) is 0. The van der Waals surface area contributed by atoms with E-state index < -0.39 is 10.0 Å². The molecule has 1 fully saturated rings. The van der Waals surface area contributed by atoms with Crippen molar-refractivity contribution in [2.75, 3.05) is 14.1 Å². The topological polar surface area (TPSA) is 61.4 Å². The third-order valence-electron chi connectivity index (χ3n) is 2.66. The number of sulfonamides is 1. The fraction of sp³-hybridized carbons (Fsp3) is 0.636. The lowest BCUT2D eigenvalue weighted by Gasteiger charge is -2.11. The van der Waals surface area contributed by atoms with Crippen molar-refractivity contribution in [3.05, 3.63) is 15.8 Å². The van der Waals surface area contributed by atoms with E-state index in [0.717, 1.165) is 16.3 Å². The first-order chi connectivity index (χ1) is 8.38. The lowest BCUT2D eigenvalue weighted by molar-refractivity contribution is 0.364. The third kappa shape index (κ3) is 3.52. The molecule has 1 aromatic rings. The summed E-state index contributed by atoms with van der Waals surface area (Å²) in [7, 11) is -0.111. The van der Waals surface area contributed by atoms with E-state index in [4.69, 9.17) is 0 Å². The first-order valence-corrected chi connectivity index (χ1v) is 8.21. The lowest BCUT2D eigenvalue weighted by atomic mass is 10.4. The van der Waals surface area contributed by atoms with E-state index >= 15 is 0 Å². The van der Waals surface area contributed by atoms with Crippen LogP contribution in [0.5, 0.6) is 0 Å². The Kier molecular flexibility index (Phi) is 4.08. The molecule has 0 spiro atoms. The average molecular weight is 289 g/mol. The maximum absolute atomic E-state index is 12.1. The highest BCUT2D eigenvalue weighted by Gasteiger charge is 2.23. The molecule has 102 valence electrons. The van der Waals surface area contributed by atoms with E-state index in [9.17, 15) is 8.42 Å². The van der Waals surface area contributed by atoms with Gasteiger partial charge in [-0.15, -0.1) is 16.2 Å². The highest BCUT2D eigenvalue weighted by atomic mass is 32.2. The van der Waals surface area contributed by atoms with E-state index in [-0.39, 0.29) is 0 Å². The summed E-state index contributed by atoms with van der Waals surface area (Å²) in [4.78, 5) is 4.74. The van der Waals surface area contributed by atoms with Crippen molar-refractivity contribution < 1.29 is 8.42 Å². The van der Waals surface area contributed by atoms with Gasteiger partial charge in [-0.05, 0) is 25.8 Å². The van der Waals surface area contributed by atoms with Gasteiger partial charge in [0.25, 0.3) is 10.0 Å². The molecule has 1 heterocycles. The lowest BCUT2D eigenvalue weighted by Crippen LogP contribution is -2.36. The molecular weight excluding hydrogens is 270 g/mol. The van der Waals surface area contributed by atoms with Gasteiger partial charge in [-0.3, -0.25) is 0 Å². The number of hydrogen-bond donors (Lipinski definition) is 2. The smallest absolute Gasteiger partial charge is 0.254 e. The maximum Gasteiger partial charge on any atom is 0.254 e. The Labute approximate surface area is 112 Å². The van der Waals surface area contributed by atoms with E-state index in [2.05, 4.69) is 10.1 Å². The van der Waals surface area contributed by atoms with Gasteiger partial charge in [0.15, 0.2) is 0 Å². The fourth-order valence-electron chi connectivity index (χ4n) is 1.70. The summed E-state index contributed by atoms with van der Waals surface area (Å²) < 4.78 is 24.1. The van der Waals surface area contributed by atoms with Crippen molar-refractivity contribution in [3.8, 4) is 0 Å². The molecule has 7 heteroatoms. The van der Waals surface area contributed by atoms with Crippen LogP contribution in [-0.2, 0) is 16.6 Å². The largest absolute Gasteiger partial charge is 0.309 e.